The van der Waals surface area contributed by atoms with Gasteiger partial charge >= 0.3 is 11.9 Å². The fourth-order valence-electron chi connectivity index (χ4n) is 1.59. The quantitative estimate of drug-likeness (QED) is 0.458. The van der Waals surface area contributed by atoms with Crippen molar-refractivity contribution in [3.63, 3.8) is 0 Å². The standard InChI is InChI=1S/C15H14N2O5/c1-3-13(18)20-8-7-14(19)21-12-6-4-5-11(9-12)15-16-10(2)22-17-15/h3-6,9H,1,7-8H2,2H3. The van der Waals surface area contributed by atoms with E-state index in [-0.39, 0.29) is 13.0 Å². The van der Waals surface area contributed by atoms with Crippen molar-refractivity contribution in [3.8, 4) is 17.1 Å². The van der Waals surface area contributed by atoms with Gasteiger partial charge in [-0.25, -0.2) is 4.79 Å². The summed E-state index contributed by atoms with van der Waals surface area (Å²) < 4.78 is 14.8. The average molecular weight is 302 g/mol. The fourth-order valence-corrected chi connectivity index (χ4v) is 1.59. The normalized spacial score (nSPS) is 10.0. The van der Waals surface area contributed by atoms with Crippen LogP contribution in [0.5, 0.6) is 5.75 Å². The molecule has 0 atom stereocenters. The van der Waals surface area contributed by atoms with Gasteiger partial charge in [-0.2, -0.15) is 4.98 Å². The van der Waals surface area contributed by atoms with E-state index in [0.29, 0.717) is 23.0 Å². The van der Waals surface area contributed by atoms with E-state index in [1.165, 1.54) is 0 Å². The highest BCUT2D eigenvalue weighted by Crippen LogP contribution is 2.21. The monoisotopic (exact) mass is 302 g/mol. The molecule has 0 aliphatic carbocycles. The molecule has 0 saturated carbocycles. The number of ether oxygens (including phenoxy) is 2. The summed E-state index contributed by atoms with van der Waals surface area (Å²) in [7, 11) is 0. The van der Waals surface area contributed by atoms with Crippen LogP contribution < -0.4 is 4.74 Å². The Morgan fingerprint density at radius 3 is 2.91 bits per heavy atom. The number of rotatable bonds is 6. The Morgan fingerprint density at radius 1 is 1.41 bits per heavy atom. The van der Waals surface area contributed by atoms with E-state index in [0.717, 1.165) is 6.08 Å². The summed E-state index contributed by atoms with van der Waals surface area (Å²) in [5.41, 5.74) is 0.667. The molecule has 0 bridgehead atoms. The Labute approximate surface area is 126 Å². The minimum absolute atomic E-state index is 0.0505. The molecule has 0 radical (unpaired) electrons. The Balaban J connectivity index is 1.94. The van der Waals surface area contributed by atoms with E-state index in [4.69, 9.17) is 14.0 Å². The van der Waals surface area contributed by atoms with Crippen LogP contribution in [0.2, 0.25) is 0 Å². The van der Waals surface area contributed by atoms with Gasteiger partial charge in [-0.05, 0) is 12.1 Å². The molecule has 0 unspecified atom stereocenters. The van der Waals surface area contributed by atoms with E-state index in [1.807, 2.05) is 0 Å². The molecule has 0 aliphatic heterocycles. The first-order chi connectivity index (χ1) is 10.6. The Bertz CT molecular complexity index is 693. The minimum Gasteiger partial charge on any atom is -0.462 e. The third kappa shape index (κ3) is 4.27. The summed E-state index contributed by atoms with van der Waals surface area (Å²) in [6.45, 7) is 4.88. The molecule has 2 aromatic rings. The number of benzene rings is 1. The van der Waals surface area contributed by atoms with Crippen molar-refractivity contribution >= 4 is 11.9 Å². The van der Waals surface area contributed by atoms with Gasteiger partial charge < -0.3 is 14.0 Å². The Kier molecular flexibility index (Phi) is 5.02. The van der Waals surface area contributed by atoms with Gasteiger partial charge in [0.2, 0.25) is 11.7 Å². The smallest absolute Gasteiger partial charge is 0.330 e. The van der Waals surface area contributed by atoms with Crippen LogP contribution in [-0.2, 0) is 14.3 Å². The van der Waals surface area contributed by atoms with Crippen LogP contribution >= 0.6 is 0 Å². The molecule has 1 heterocycles. The maximum absolute atomic E-state index is 11.6. The van der Waals surface area contributed by atoms with Crippen molar-refractivity contribution in [3.05, 3.63) is 42.8 Å². The van der Waals surface area contributed by atoms with Crippen molar-refractivity contribution in [2.75, 3.05) is 6.61 Å². The Hall–Kier alpha value is -2.96. The van der Waals surface area contributed by atoms with Crippen LogP contribution in [0.3, 0.4) is 0 Å². The number of esters is 2. The third-order valence-corrected chi connectivity index (χ3v) is 2.57. The SMILES string of the molecule is C=CC(=O)OCCC(=O)Oc1cccc(-c2noc(C)n2)c1. The van der Waals surface area contributed by atoms with Crippen LogP contribution in [0.25, 0.3) is 11.4 Å². The zero-order valence-electron chi connectivity index (χ0n) is 11.9. The summed E-state index contributed by atoms with van der Waals surface area (Å²) in [6.07, 6.45) is 0.979. The second-order valence-electron chi connectivity index (χ2n) is 4.26. The number of hydrogen-bond donors (Lipinski definition) is 0. The topological polar surface area (TPSA) is 91.5 Å². The van der Waals surface area contributed by atoms with Crippen LogP contribution in [0, 0.1) is 6.92 Å². The molecule has 1 aromatic heterocycles. The zero-order chi connectivity index (χ0) is 15.9. The van der Waals surface area contributed by atoms with Gasteiger partial charge in [-0.3, -0.25) is 4.79 Å². The van der Waals surface area contributed by atoms with Gasteiger partial charge in [0.15, 0.2) is 0 Å². The molecule has 0 fully saturated rings. The second kappa shape index (κ2) is 7.16. The van der Waals surface area contributed by atoms with Crippen molar-refractivity contribution in [1.82, 2.24) is 10.1 Å². The number of hydrogen-bond acceptors (Lipinski definition) is 7. The molecule has 7 heteroatoms. The highest BCUT2D eigenvalue weighted by molar-refractivity contribution is 5.81. The van der Waals surface area contributed by atoms with Crippen molar-refractivity contribution in [2.45, 2.75) is 13.3 Å². The van der Waals surface area contributed by atoms with Crippen LogP contribution in [0.4, 0.5) is 0 Å². The molecule has 0 N–H and O–H groups in total. The lowest BCUT2D eigenvalue weighted by Gasteiger charge is -2.05. The van der Waals surface area contributed by atoms with Gasteiger partial charge in [0.1, 0.15) is 12.4 Å². The molecule has 0 aliphatic rings. The number of nitrogens with zero attached hydrogens (tertiary/aromatic N) is 2. The molecule has 0 spiro atoms. The highest BCUT2D eigenvalue weighted by atomic mass is 16.5. The molecular weight excluding hydrogens is 288 g/mol. The zero-order valence-corrected chi connectivity index (χ0v) is 11.9. The van der Waals surface area contributed by atoms with Crippen molar-refractivity contribution in [1.29, 1.82) is 0 Å². The van der Waals surface area contributed by atoms with E-state index >= 15 is 0 Å². The first kappa shape index (κ1) is 15.4. The first-order valence-electron chi connectivity index (χ1n) is 6.49. The fraction of sp³-hybridized carbons (Fsp3) is 0.200. The Morgan fingerprint density at radius 2 is 2.23 bits per heavy atom. The maximum atomic E-state index is 11.6. The largest absolute Gasteiger partial charge is 0.462 e. The van der Waals surface area contributed by atoms with E-state index in [1.54, 1.807) is 31.2 Å². The van der Waals surface area contributed by atoms with Crippen molar-refractivity contribution in [2.24, 2.45) is 0 Å². The summed E-state index contributed by atoms with van der Waals surface area (Å²) in [5, 5.41) is 3.79. The summed E-state index contributed by atoms with van der Waals surface area (Å²) in [6, 6.07) is 6.73. The number of aryl methyl sites for hydroxylation is 1. The predicted molar refractivity (Wildman–Crippen MR) is 75.9 cm³/mol. The number of aromatic nitrogens is 2. The van der Waals surface area contributed by atoms with Crippen LogP contribution in [0.1, 0.15) is 12.3 Å². The van der Waals surface area contributed by atoms with E-state index in [2.05, 4.69) is 16.7 Å². The second-order valence-corrected chi connectivity index (χ2v) is 4.26. The number of carbonyl (C=O) groups is 2. The van der Waals surface area contributed by atoms with Gasteiger partial charge in [0, 0.05) is 18.6 Å². The van der Waals surface area contributed by atoms with Crippen LogP contribution in [-0.4, -0.2) is 28.7 Å². The lowest BCUT2D eigenvalue weighted by atomic mass is 10.2. The molecule has 2 rings (SSSR count). The van der Waals surface area contributed by atoms with Gasteiger partial charge in [0.25, 0.3) is 0 Å². The highest BCUT2D eigenvalue weighted by Gasteiger charge is 2.10. The third-order valence-electron chi connectivity index (χ3n) is 2.57. The molecule has 0 saturated heterocycles. The average Bonchev–Trinajstić information content (AvgIpc) is 2.94. The first-order valence-corrected chi connectivity index (χ1v) is 6.49. The molecular formula is C15H14N2O5. The van der Waals surface area contributed by atoms with Gasteiger partial charge in [-0.15, -0.1) is 0 Å². The molecule has 7 nitrogen and oxygen atoms in total. The van der Waals surface area contributed by atoms with Gasteiger partial charge in [-0.1, -0.05) is 23.9 Å². The molecule has 0 amide bonds. The molecule has 22 heavy (non-hydrogen) atoms. The van der Waals surface area contributed by atoms with Crippen LogP contribution in [0.15, 0.2) is 41.4 Å². The summed E-state index contributed by atoms with van der Waals surface area (Å²) >= 11 is 0. The van der Waals surface area contributed by atoms with E-state index in [9.17, 15) is 9.59 Å². The van der Waals surface area contributed by atoms with Gasteiger partial charge in [0.05, 0.1) is 6.42 Å². The minimum atomic E-state index is -0.581. The summed E-state index contributed by atoms with van der Waals surface area (Å²) in [4.78, 5) is 26.6. The molecule has 114 valence electrons. The van der Waals surface area contributed by atoms with E-state index < -0.39 is 11.9 Å². The summed E-state index contributed by atoms with van der Waals surface area (Å²) in [5.74, 6) is 0.109. The number of carbonyl (C=O) groups excluding carboxylic acids is 2. The molecule has 1 aromatic carbocycles. The lowest BCUT2D eigenvalue weighted by Crippen LogP contribution is -2.13. The lowest BCUT2D eigenvalue weighted by molar-refractivity contribution is -0.141. The maximum Gasteiger partial charge on any atom is 0.330 e. The predicted octanol–water partition coefficient (Wildman–Crippen LogP) is 2.07. The van der Waals surface area contributed by atoms with Crippen molar-refractivity contribution < 1.29 is 23.6 Å².